The van der Waals surface area contributed by atoms with Gasteiger partial charge in [-0.15, -0.1) is 0 Å². The molecule has 4 aliphatic rings. The number of benzene rings is 1. The highest BCUT2D eigenvalue weighted by Crippen LogP contribution is 2.61. The molecule has 1 N–H and O–H groups in total. The molecule has 9 heteroatoms. The molecule has 2 aliphatic carbocycles. The van der Waals surface area contributed by atoms with Crippen LogP contribution in [-0.4, -0.2) is 50.6 Å². The van der Waals surface area contributed by atoms with Crippen molar-refractivity contribution in [1.29, 1.82) is 0 Å². The number of ketones is 1. The van der Waals surface area contributed by atoms with E-state index in [1.165, 1.54) is 14.2 Å². The van der Waals surface area contributed by atoms with E-state index < -0.39 is 35.3 Å². The van der Waals surface area contributed by atoms with Crippen LogP contribution in [0.3, 0.4) is 0 Å². The highest BCUT2D eigenvalue weighted by atomic mass is 16.7. The zero-order chi connectivity index (χ0) is 25.9. The number of aliphatic hydroxyl groups is 1. The van der Waals surface area contributed by atoms with Crippen molar-refractivity contribution in [1.82, 2.24) is 0 Å². The molecule has 0 radical (unpaired) electrons. The van der Waals surface area contributed by atoms with Crippen molar-refractivity contribution in [2.45, 2.75) is 45.3 Å². The molecule has 0 unspecified atom stereocenters. The highest BCUT2D eigenvalue weighted by molar-refractivity contribution is 6.08. The Hall–Kier alpha value is -3.46. The molecule has 0 saturated carbocycles. The van der Waals surface area contributed by atoms with Crippen molar-refractivity contribution in [3.63, 3.8) is 0 Å². The lowest BCUT2D eigenvalue weighted by atomic mass is 9.61. The standard InChI is InChI=1S/C27H30O9/c1-7-12(2)26(30)36-21-14(4)13(3)20(28)16-9-17(31-5)23(32-6)25(29)27(16)10-33-24-19(27)15(21)8-18-22(24)35-11-34-18/h7-9,13-14,20-21,28H,10-11H2,1-6H3/b12-7+/t13-,14+,20+,21-,27-/m0/s1. The van der Waals surface area contributed by atoms with Crippen molar-refractivity contribution in [3.8, 4) is 17.2 Å². The van der Waals surface area contributed by atoms with Gasteiger partial charge in [-0.2, -0.15) is 0 Å². The van der Waals surface area contributed by atoms with Crippen LogP contribution in [-0.2, 0) is 29.2 Å². The molecule has 0 fully saturated rings. The van der Waals surface area contributed by atoms with Crippen molar-refractivity contribution >= 4 is 11.8 Å². The minimum Gasteiger partial charge on any atom is -0.493 e. The van der Waals surface area contributed by atoms with Crippen LogP contribution in [0.2, 0.25) is 0 Å². The molecule has 1 spiro atoms. The molecular formula is C27H30O9. The summed E-state index contributed by atoms with van der Waals surface area (Å²) in [6.07, 6.45) is 1.48. The summed E-state index contributed by atoms with van der Waals surface area (Å²) in [5, 5.41) is 11.7. The minimum atomic E-state index is -1.42. The number of fused-ring (bicyclic) bond motifs is 2. The normalized spacial score (nSPS) is 30.5. The summed E-state index contributed by atoms with van der Waals surface area (Å²) in [7, 11) is 2.84. The van der Waals surface area contributed by atoms with Gasteiger partial charge in [0.1, 0.15) is 18.1 Å². The Bertz CT molecular complexity index is 1240. The first-order chi connectivity index (χ1) is 17.2. The largest absolute Gasteiger partial charge is 0.493 e. The summed E-state index contributed by atoms with van der Waals surface area (Å²) < 4.78 is 34.6. The number of hydrogen-bond donors (Lipinski definition) is 1. The van der Waals surface area contributed by atoms with Gasteiger partial charge in [-0.05, 0) is 37.5 Å². The average Bonchev–Trinajstić information content (AvgIpc) is 3.51. The van der Waals surface area contributed by atoms with E-state index in [2.05, 4.69) is 0 Å². The molecule has 9 nitrogen and oxygen atoms in total. The molecule has 5 atom stereocenters. The lowest BCUT2D eigenvalue weighted by Gasteiger charge is -2.43. The van der Waals surface area contributed by atoms with Gasteiger partial charge in [-0.25, -0.2) is 4.79 Å². The van der Waals surface area contributed by atoms with Crippen LogP contribution in [0.1, 0.15) is 44.9 Å². The second-order valence-corrected chi connectivity index (χ2v) is 9.59. The smallest absolute Gasteiger partial charge is 0.333 e. The summed E-state index contributed by atoms with van der Waals surface area (Å²) in [5.41, 5.74) is 0.530. The topological polar surface area (TPSA) is 110 Å². The molecule has 5 rings (SSSR count). The first-order valence-corrected chi connectivity index (χ1v) is 11.9. The van der Waals surface area contributed by atoms with Gasteiger partial charge in [0.05, 0.1) is 20.3 Å². The molecule has 0 amide bonds. The Morgan fingerprint density at radius 2 is 1.89 bits per heavy atom. The van der Waals surface area contributed by atoms with Crippen LogP contribution in [0.5, 0.6) is 17.2 Å². The van der Waals surface area contributed by atoms with E-state index in [4.69, 9.17) is 28.4 Å². The SMILES string of the molecule is C/C=C(\C)C(=O)O[C@@H]1c2cc3c(c4c2[C@@]2(CO4)C(=O)C(OC)=C(OC)C=C2[C@H](O)[C@@H](C)[C@H]1C)OCO3. The Kier molecular flexibility index (Phi) is 5.78. The quantitative estimate of drug-likeness (QED) is 0.494. The summed E-state index contributed by atoms with van der Waals surface area (Å²) in [6.45, 7) is 7.12. The monoisotopic (exact) mass is 498 g/mol. The maximum absolute atomic E-state index is 14.2. The zero-order valence-electron chi connectivity index (χ0n) is 21.2. The van der Waals surface area contributed by atoms with Crippen LogP contribution < -0.4 is 14.2 Å². The second-order valence-electron chi connectivity index (χ2n) is 9.59. The van der Waals surface area contributed by atoms with E-state index in [-0.39, 0.29) is 30.8 Å². The number of esters is 1. The molecule has 2 aliphatic heterocycles. The summed E-state index contributed by atoms with van der Waals surface area (Å²) in [4.78, 5) is 27.2. The lowest BCUT2D eigenvalue weighted by molar-refractivity contribution is -0.149. The minimum absolute atomic E-state index is 0.00794. The van der Waals surface area contributed by atoms with Gasteiger partial charge in [0.2, 0.25) is 24.1 Å². The van der Waals surface area contributed by atoms with Crippen molar-refractivity contribution in [3.05, 3.63) is 52.0 Å². The second kappa shape index (κ2) is 8.58. The molecule has 192 valence electrons. The van der Waals surface area contributed by atoms with Crippen LogP contribution in [0, 0.1) is 11.8 Å². The number of aliphatic hydroxyl groups excluding tert-OH is 1. The van der Waals surface area contributed by atoms with Crippen molar-refractivity contribution in [2.75, 3.05) is 27.6 Å². The third kappa shape index (κ3) is 3.11. The maximum Gasteiger partial charge on any atom is 0.333 e. The number of carbonyl (C=O) groups is 2. The number of methoxy groups -OCH3 is 2. The van der Waals surface area contributed by atoms with Gasteiger partial charge in [-0.1, -0.05) is 19.9 Å². The van der Waals surface area contributed by atoms with Gasteiger partial charge in [0, 0.05) is 22.6 Å². The van der Waals surface area contributed by atoms with E-state index in [1.54, 1.807) is 32.1 Å². The summed E-state index contributed by atoms with van der Waals surface area (Å²) in [5.74, 6) is -0.231. The van der Waals surface area contributed by atoms with E-state index in [0.29, 0.717) is 39.5 Å². The first-order valence-electron chi connectivity index (χ1n) is 11.9. The van der Waals surface area contributed by atoms with E-state index in [0.717, 1.165) is 0 Å². The Balaban J connectivity index is 1.84. The zero-order valence-corrected chi connectivity index (χ0v) is 21.2. The molecule has 1 aromatic carbocycles. The van der Waals surface area contributed by atoms with Crippen molar-refractivity contribution in [2.24, 2.45) is 11.8 Å². The first kappa shape index (κ1) is 24.2. The van der Waals surface area contributed by atoms with Gasteiger partial charge in [0.15, 0.2) is 17.3 Å². The number of ether oxygens (including phenoxy) is 6. The predicted octanol–water partition coefficient (Wildman–Crippen LogP) is 3.26. The summed E-state index contributed by atoms with van der Waals surface area (Å²) >= 11 is 0. The molecule has 2 heterocycles. The Labute approximate surface area is 209 Å². The molecule has 0 aromatic heterocycles. The predicted molar refractivity (Wildman–Crippen MR) is 126 cm³/mol. The molecule has 36 heavy (non-hydrogen) atoms. The fourth-order valence-corrected chi connectivity index (χ4v) is 5.57. The third-order valence-corrected chi connectivity index (χ3v) is 7.95. The molecule has 0 bridgehead atoms. The highest BCUT2D eigenvalue weighted by Gasteiger charge is 2.61. The molecule has 1 aromatic rings. The third-order valence-electron chi connectivity index (χ3n) is 7.95. The van der Waals surface area contributed by atoms with Crippen LogP contribution in [0.15, 0.2) is 40.9 Å². The molecule has 0 saturated heterocycles. The van der Waals surface area contributed by atoms with Crippen molar-refractivity contribution < 1.29 is 43.1 Å². The van der Waals surface area contributed by atoms with E-state index in [9.17, 15) is 14.7 Å². The number of Topliss-reactive ketones (excluding diaryl/α,β-unsaturated/α-hetero) is 1. The van der Waals surface area contributed by atoms with Gasteiger partial charge < -0.3 is 33.5 Å². The Morgan fingerprint density at radius 1 is 1.14 bits per heavy atom. The fraction of sp³-hybridized carbons (Fsp3) is 0.481. The van der Waals surface area contributed by atoms with Gasteiger partial charge in [-0.3, -0.25) is 4.79 Å². The van der Waals surface area contributed by atoms with Gasteiger partial charge >= 0.3 is 5.97 Å². The molecular weight excluding hydrogens is 468 g/mol. The van der Waals surface area contributed by atoms with Crippen LogP contribution >= 0.6 is 0 Å². The van der Waals surface area contributed by atoms with Crippen LogP contribution in [0.25, 0.3) is 0 Å². The number of allylic oxidation sites excluding steroid dienone is 3. The maximum atomic E-state index is 14.2. The number of carbonyl (C=O) groups excluding carboxylic acids is 2. The summed E-state index contributed by atoms with van der Waals surface area (Å²) in [6, 6.07) is 1.76. The number of hydrogen-bond acceptors (Lipinski definition) is 9. The van der Waals surface area contributed by atoms with Crippen LogP contribution in [0.4, 0.5) is 0 Å². The fourth-order valence-electron chi connectivity index (χ4n) is 5.57. The van der Waals surface area contributed by atoms with Gasteiger partial charge in [0.25, 0.3) is 0 Å². The Morgan fingerprint density at radius 3 is 2.56 bits per heavy atom. The average molecular weight is 499 g/mol. The van der Waals surface area contributed by atoms with E-state index >= 15 is 0 Å². The van der Waals surface area contributed by atoms with E-state index in [1.807, 2.05) is 13.8 Å². The number of rotatable bonds is 4. The lowest BCUT2D eigenvalue weighted by Crippen LogP contribution is -2.51.